The third-order valence-corrected chi connectivity index (χ3v) is 21.1. The quantitative estimate of drug-likeness (QED) is 0.0374. The number of aromatic nitrogens is 2. The second-order valence-electron chi connectivity index (χ2n) is 19.3. The van der Waals surface area contributed by atoms with Crippen LogP contribution in [0.4, 0.5) is 11.4 Å². The molecule has 0 bridgehead atoms. The number of nitrogens with one attached hydrogen (secondary N) is 2. The van der Waals surface area contributed by atoms with Crippen LogP contribution in [0.1, 0.15) is 43.6 Å². The lowest BCUT2D eigenvalue weighted by Gasteiger charge is -2.20. The van der Waals surface area contributed by atoms with Gasteiger partial charge in [-0.15, -0.1) is 0 Å². The first-order chi connectivity index (χ1) is 40.1. The first-order valence-corrected chi connectivity index (χ1v) is 34.4. The number of anilines is 2. The summed E-state index contributed by atoms with van der Waals surface area (Å²) >= 11 is 18.6. The Labute approximate surface area is 510 Å². The fraction of sp³-hybridized carbons (Fsp3) is 0.138. The summed E-state index contributed by atoms with van der Waals surface area (Å²) in [6.07, 6.45) is 4.02. The van der Waals surface area contributed by atoms with Gasteiger partial charge in [0, 0.05) is 50.6 Å². The summed E-state index contributed by atoms with van der Waals surface area (Å²) in [6, 6.07) is 45.5. The molecule has 430 valence electrons. The van der Waals surface area contributed by atoms with Gasteiger partial charge < -0.3 is 9.80 Å². The van der Waals surface area contributed by atoms with Gasteiger partial charge in [-0.05, 0) is 102 Å². The van der Waals surface area contributed by atoms with Gasteiger partial charge in [0.15, 0.2) is 0 Å². The molecule has 84 heavy (non-hydrogen) atoms. The highest BCUT2D eigenvalue weighted by molar-refractivity contribution is 8.04. The molecule has 0 fully saturated rings. The minimum Gasteiger partial charge on any atom is -0.335 e. The zero-order chi connectivity index (χ0) is 59.1. The fourth-order valence-corrected chi connectivity index (χ4v) is 16.3. The van der Waals surface area contributed by atoms with E-state index < -0.39 is 64.1 Å². The molecule has 2 amide bonds. The van der Waals surface area contributed by atoms with Crippen molar-refractivity contribution in [3.8, 4) is 22.3 Å². The van der Waals surface area contributed by atoms with E-state index in [0.717, 1.165) is 75.5 Å². The Hall–Kier alpha value is -6.65. The van der Waals surface area contributed by atoms with Gasteiger partial charge in [0.1, 0.15) is 14.3 Å². The van der Waals surface area contributed by atoms with Crippen molar-refractivity contribution >= 4 is 156 Å². The van der Waals surface area contributed by atoms with Gasteiger partial charge >= 0.3 is 0 Å². The maximum absolute atomic E-state index is 14.4. The van der Waals surface area contributed by atoms with Gasteiger partial charge in [-0.3, -0.25) is 33.9 Å². The molecule has 5 N–H and O–H groups in total. The number of fused-ring (bicyclic) bond motifs is 4. The molecular formula is C58H48Cl2N6O11S7+2. The third kappa shape index (κ3) is 13.4. The van der Waals surface area contributed by atoms with E-state index in [1.165, 1.54) is 52.3 Å². The smallest absolute Gasteiger partial charge is 0.295 e. The van der Waals surface area contributed by atoms with E-state index >= 15 is 0 Å². The molecule has 0 aliphatic carbocycles. The van der Waals surface area contributed by atoms with Gasteiger partial charge in [0.05, 0.1) is 50.7 Å². The van der Waals surface area contributed by atoms with Crippen LogP contribution in [0.25, 0.3) is 54.8 Å². The summed E-state index contributed by atoms with van der Waals surface area (Å²) in [5.74, 6) is -2.53. The number of amides is 2. The van der Waals surface area contributed by atoms with Crippen molar-refractivity contribution in [1.82, 2.24) is 10.6 Å². The van der Waals surface area contributed by atoms with Crippen molar-refractivity contribution in [2.45, 2.75) is 40.9 Å². The molecule has 9 aromatic rings. The van der Waals surface area contributed by atoms with Crippen LogP contribution in [0.3, 0.4) is 0 Å². The van der Waals surface area contributed by atoms with E-state index in [2.05, 4.69) is 10.6 Å². The first kappa shape index (κ1) is 59.1. The second-order valence-corrected chi connectivity index (χ2v) is 29.0. The van der Waals surface area contributed by atoms with E-state index in [1.54, 1.807) is 24.3 Å². The summed E-state index contributed by atoms with van der Waals surface area (Å²) in [6.45, 7) is 0.104. The minimum absolute atomic E-state index is 0.0977. The largest absolute Gasteiger partial charge is 0.335 e. The normalized spacial score (nSPS) is 14.4. The molecule has 2 aromatic heterocycles. The van der Waals surface area contributed by atoms with Crippen LogP contribution in [-0.2, 0) is 43.7 Å². The van der Waals surface area contributed by atoms with Crippen molar-refractivity contribution in [2.24, 2.45) is 0 Å². The Balaban J connectivity index is 0.897. The highest BCUT2D eigenvalue weighted by atomic mass is 35.5. The van der Waals surface area contributed by atoms with E-state index in [9.17, 15) is 48.5 Å². The molecule has 4 heterocycles. The third-order valence-electron chi connectivity index (χ3n) is 13.7. The number of nitrogens with zero attached hydrogens (tertiary/aromatic N) is 4. The van der Waals surface area contributed by atoms with Gasteiger partial charge in [0.2, 0.25) is 24.4 Å². The molecular weight excluding hydrogens is 1250 g/mol. The second kappa shape index (κ2) is 24.4. The molecule has 0 atom stereocenters. The standard InChI is InChI=1S/C58H46Cl2N6O11S7/c59-41-16-21-50-46(30-41)63(23-7-25-82(69,70)71)53(78-50)32-55-65(44-27-38(14-19-48(44)80-55)36-9-3-1-4-10-36)34-61-57(67)40-13-18-43(52(29-40)84(75,76)77)58(68)62-35-66-45-28-39(37-11-5-2-6-12-37)15-20-49(45)81-56(66)33-54-64(24-8-26-83(72,73)74)47-31-42(60)17-22-51(47)79-54/h1-6,9-22,27-33H,7-8,23-26,34-35H2,(H3-2,61,62,67,68,69,70,71,72,73,74,75,76,77)/p+2. The molecule has 0 unspecified atom stereocenters. The molecule has 2 aliphatic rings. The SMILES string of the molecule is O=C(NC[n+]1c(C=C2Sc3ccc(Cl)cc3N2CCCS(=O)(=O)O)sc2ccc(-c3ccccc3)cc21)c1ccc(C(=O)NC[n+]2c(C=C3Sc4ccc(Cl)cc4N3CCCS(=O)(=O)O)sc3ccc(-c4ccccc4)cc32)c(S(=O)(=O)O)c1. The summed E-state index contributed by atoms with van der Waals surface area (Å²) in [5.41, 5.74) is 6.02. The Morgan fingerprint density at radius 2 is 0.976 bits per heavy atom. The molecule has 2 aliphatic heterocycles. The first-order valence-electron chi connectivity index (χ1n) is 25.7. The van der Waals surface area contributed by atoms with E-state index in [1.807, 2.05) is 140 Å². The lowest BCUT2D eigenvalue weighted by Crippen LogP contribution is -2.45. The number of carbonyl (C=O) groups excluding carboxylic acids is 2. The van der Waals surface area contributed by atoms with Gasteiger partial charge in [-0.25, -0.2) is 0 Å². The number of hydrogen-bond acceptors (Lipinski definition) is 14. The predicted molar refractivity (Wildman–Crippen MR) is 333 cm³/mol. The number of thioether (sulfide) groups is 2. The summed E-state index contributed by atoms with van der Waals surface area (Å²) in [7, 11) is -13.6. The molecule has 7 aromatic carbocycles. The number of thiazole rings is 2. The Kier molecular flexibility index (Phi) is 17.1. The molecule has 0 saturated heterocycles. The number of hydrogen-bond donors (Lipinski definition) is 5. The highest BCUT2D eigenvalue weighted by Gasteiger charge is 2.32. The van der Waals surface area contributed by atoms with Crippen molar-refractivity contribution in [3.63, 3.8) is 0 Å². The molecule has 26 heteroatoms. The maximum Gasteiger partial charge on any atom is 0.295 e. The van der Waals surface area contributed by atoms with Crippen LogP contribution in [0, 0.1) is 0 Å². The predicted octanol–water partition coefficient (Wildman–Crippen LogP) is 11.7. The summed E-state index contributed by atoms with van der Waals surface area (Å²) in [5, 5.41) is 9.46. The van der Waals surface area contributed by atoms with Crippen molar-refractivity contribution in [2.75, 3.05) is 34.4 Å². The van der Waals surface area contributed by atoms with Crippen LogP contribution in [0.5, 0.6) is 0 Å². The Bertz CT molecular complexity index is 4530. The van der Waals surface area contributed by atoms with Crippen LogP contribution in [0.15, 0.2) is 176 Å². The minimum atomic E-state index is -5.14. The van der Waals surface area contributed by atoms with Crippen LogP contribution in [-0.4, -0.2) is 75.3 Å². The molecule has 0 radical (unpaired) electrons. The number of carbonyl (C=O) groups is 2. The average molecular weight is 1300 g/mol. The fourth-order valence-electron chi connectivity index (χ4n) is 9.77. The number of halogens is 2. The zero-order valence-electron chi connectivity index (χ0n) is 43.8. The van der Waals surface area contributed by atoms with Gasteiger partial charge in [-0.2, -0.15) is 34.4 Å². The monoisotopic (exact) mass is 1300 g/mol. The Morgan fingerprint density at radius 1 is 0.524 bits per heavy atom. The van der Waals surface area contributed by atoms with Gasteiger partial charge in [-0.1, -0.05) is 142 Å². The highest BCUT2D eigenvalue weighted by Crippen LogP contribution is 2.49. The lowest BCUT2D eigenvalue weighted by molar-refractivity contribution is -0.672. The summed E-state index contributed by atoms with van der Waals surface area (Å²) in [4.78, 5) is 33.4. The van der Waals surface area contributed by atoms with Crippen molar-refractivity contribution in [1.29, 1.82) is 0 Å². The lowest BCUT2D eigenvalue weighted by atomic mass is 10.1. The van der Waals surface area contributed by atoms with Crippen LogP contribution >= 0.6 is 69.4 Å². The van der Waals surface area contributed by atoms with E-state index in [0.29, 0.717) is 30.6 Å². The zero-order valence-corrected chi connectivity index (χ0v) is 51.0. The van der Waals surface area contributed by atoms with Crippen molar-refractivity contribution < 1.29 is 57.6 Å². The van der Waals surface area contributed by atoms with E-state index in [-0.39, 0.29) is 44.8 Å². The Morgan fingerprint density at radius 3 is 1.42 bits per heavy atom. The maximum atomic E-state index is 14.4. The van der Waals surface area contributed by atoms with Gasteiger partial charge in [0.25, 0.3) is 52.2 Å². The number of rotatable bonds is 19. The van der Waals surface area contributed by atoms with Crippen LogP contribution in [0.2, 0.25) is 10.0 Å². The molecule has 17 nitrogen and oxygen atoms in total. The van der Waals surface area contributed by atoms with Crippen molar-refractivity contribution in [3.05, 3.63) is 193 Å². The number of benzene rings is 7. The molecule has 0 saturated carbocycles. The van der Waals surface area contributed by atoms with E-state index in [4.69, 9.17) is 23.2 Å². The molecule has 0 spiro atoms. The van der Waals surface area contributed by atoms with Crippen LogP contribution < -0.4 is 29.6 Å². The topological polar surface area (TPSA) is 236 Å². The summed E-state index contributed by atoms with van der Waals surface area (Å²) < 4.78 is 109. The molecule has 11 rings (SSSR count). The average Bonchev–Trinajstić information content (AvgIpc) is 2.77.